The van der Waals surface area contributed by atoms with Crippen LogP contribution in [0.1, 0.15) is 69.7 Å². The highest BCUT2D eigenvalue weighted by molar-refractivity contribution is 6.07. The van der Waals surface area contributed by atoms with Gasteiger partial charge in [-0.15, -0.1) is 0 Å². The summed E-state index contributed by atoms with van der Waals surface area (Å²) in [6, 6.07) is 33.2. The molecule has 0 aliphatic carbocycles. The number of hydrogen-bond donors (Lipinski definition) is 0. The highest BCUT2D eigenvalue weighted by atomic mass is 16.5. The maximum Gasteiger partial charge on any atom is 0.185 e. The van der Waals surface area contributed by atoms with Crippen LogP contribution >= 0.6 is 0 Å². The highest BCUT2D eigenvalue weighted by Crippen LogP contribution is 2.33. The number of carbonyl (C=O) groups excluding carboxylic acids is 2. The third-order valence-electron chi connectivity index (χ3n) is 12.0. The SMILES string of the molecule is CCC(Cc1ccc(C)cc1)(C(=O)c1ccc(N2CCOCC2)cc1)N(C)C.CCC(Cc1ccc(C)cc1)(C(=O)c1ccccc1N1CCOCC1)N(C)C. The largest absolute Gasteiger partial charge is 0.378 e. The van der Waals surface area contributed by atoms with E-state index in [0.29, 0.717) is 26.1 Å². The Bertz CT molecular complexity index is 1850. The van der Waals surface area contributed by atoms with Gasteiger partial charge in [0.2, 0.25) is 0 Å². The molecular weight excluding hydrogens is 697 g/mol. The summed E-state index contributed by atoms with van der Waals surface area (Å²) in [6.45, 7) is 14.8. The summed E-state index contributed by atoms with van der Waals surface area (Å²) < 4.78 is 10.9. The van der Waals surface area contributed by atoms with Gasteiger partial charge in [-0.25, -0.2) is 0 Å². The van der Waals surface area contributed by atoms with E-state index < -0.39 is 11.1 Å². The third-order valence-corrected chi connectivity index (χ3v) is 12.0. The smallest absolute Gasteiger partial charge is 0.185 e. The molecule has 2 aliphatic rings. The third kappa shape index (κ3) is 9.96. The normalized spacial score (nSPS) is 16.8. The van der Waals surface area contributed by atoms with Gasteiger partial charge in [0.15, 0.2) is 11.6 Å². The van der Waals surface area contributed by atoms with Crippen molar-refractivity contribution in [3.63, 3.8) is 0 Å². The van der Waals surface area contributed by atoms with Gasteiger partial charge in [0.05, 0.1) is 37.5 Å². The Morgan fingerprint density at radius 3 is 1.45 bits per heavy atom. The van der Waals surface area contributed by atoms with Crippen molar-refractivity contribution in [3.05, 3.63) is 130 Å². The monoisotopic (exact) mass is 760 g/mol. The van der Waals surface area contributed by atoms with Crippen molar-refractivity contribution in [2.75, 3.05) is 90.6 Å². The zero-order valence-corrected chi connectivity index (χ0v) is 35.1. The molecule has 2 unspecified atom stereocenters. The summed E-state index contributed by atoms with van der Waals surface area (Å²) in [7, 11) is 8.06. The number of rotatable bonds is 14. The first-order valence-corrected chi connectivity index (χ1v) is 20.3. The van der Waals surface area contributed by atoms with E-state index in [1.54, 1.807) is 0 Å². The molecule has 300 valence electrons. The van der Waals surface area contributed by atoms with Crippen molar-refractivity contribution in [1.29, 1.82) is 0 Å². The van der Waals surface area contributed by atoms with Crippen molar-refractivity contribution in [1.82, 2.24) is 9.80 Å². The van der Waals surface area contributed by atoms with Crippen molar-refractivity contribution in [2.45, 2.75) is 64.5 Å². The molecule has 0 spiro atoms. The minimum absolute atomic E-state index is 0.189. The zero-order chi connectivity index (χ0) is 40.3. The van der Waals surface area contributed by atoms with Crippen LogP contribution in [0.25, 0.3) is 0 Å². The second-order valence-corrected chi connectivity index (χ2v) is 15.8. The molecule has 2 heterocycles. The van der Waals surface area contributed by atoms with Gasteiger partial charge in [0.25, 0.3) is 0 Å². The van der Waals surface area contributed by atoms with Gasteiger partial charge in [-0.3, -0.25) is 19.4 Å². The Labute approximate surface area is 336 Å². The molecule has 2 saturated heterocycles. The summed E-state index contributed by atoms with van der Waals surface area (Å²) in [6.07, 6.45) is 2.93. The van der Waals surface area contributed by atoms with Gasteiger partial charge in [0, 0.05) is 48.7 Å². The lowest BCUT2D eigenvalue weighted by Crippen LogP contribution is -2.53. The second kappa shape index (κ2) is 19.7. The molecule has 2 fully saturated rings. The van der Waals surface area contributed by atoms with Crippen molar-refractivity contribution in [3.8, 4) is 0 Å². The van der Waals surface area contributed by atoms with E-state index in [1.165, 1.54) is 22.3 Å². The van der Waals surface area contributed by atoms with Crippen LogP contribution in [0, 0.1) is 13.8 Å². The number of likely N-dealkylation sites (N-methyl/N-ethyl adjacent to an activating group) is 2. The number of nitrogens with zero attached hydrogens (tertiary/aromatic N) is 4. The lowest BCUT2D eigenvalue weighted by Gasteiger charge is -2.39. The number of carbonyl (C=O) groups is 2. The minimum Gasteiger partial charge on any atom is -0.378 e. The molecule has 0 bridgehead atoms. The average Bonchev–Trinajstić information content (AvgIpc) is 3.23. The summed E-state index contributed by atoms with van der Waals surface area (Å²) in [5.41, 5.74) is 7.52. The lowest BCUT2D eigenvalue weighted by molar-refractivity contribution is 0.0661. The van der Waals surface area contributed by atoms with Crippen LogP contribution in [0.5, 0.6) is 0 Å². The zero-order valence-electron chi connectivity index (χ0n) is 35.1. The molecular formula is C48H64N4O4. The molecule has 4 aromatic rings. The molecule has 8 nitrogen and oxygen atoms in total. The molecule has 0 saturated carbocycles. The second-order valence-electron chi connectivity index (χ2n) is 15.8. The Morgan fingerprint density at radius 2 is 1.00 bits per heavy atom. The molecule has 56 heavy (non-hydrogen) atoms. The Balaban J connectivity index is 0.000000214. The van der Waals surface area contributed by atoms with E-state index in [4.69, 9.17) is 9.47 Å². The van der Waals surface area contributed by atoms with E-state index in [2.05, 4.69) is 114 Å². The van der Waals surface area contributed by atoms with E-state index >= 15 is 0 Å². The van der Waals surface area contributed by atoms with Gasteiger partial charge in [-0.1, -0.05) is 85.6 Å². The molecule has 8 heteroatoms. The van der Waals surface area contributed by atoms with Crippen LogP contribution in [-0.4, -0.2) is 113 Å². The number of ketones is 2. The number of benzene rings is 4. The Kier molecular flexibility index (Phi) is 15.0. The summed E-state index contributed by atoms with van der Waals surface area (Å²) in [4.78, 5) is 36.4. The topological polar surface area (TPSA) is 65.6 Å². The molecule has 6 rings (SSSR count). The van der Waals surface area contributed by atoms with Crippen LogP contribution < -0.4 is 9.80 Å². The van der Waals surface area contributed by atoms with Crippen LogP contribution in [0.15, 0.2) is 97.1 Å². The maximum atomic E-state index is 14.0. The van der Waals surface area contributed by atoms with E-state index in [9.17, 15) is 9.59 Å². The molecule has 2 atom stereocenters. The van der Waals surface area contributed by atoms with Crippen LogP contribution in [0.4, 0.5) is 11.4 Å². The predicted molar refractivity (Wildman–Crippen MR) is 231 cm³/mol. The van der Waals surface area contributed by atoms with Crippen molar-refractivity contribution in [2.24, 2.45) is 0 Å². The minimum atomic E-state index is -0.572. The molecule has 2 aliphatic heterocycles. The standard InChI is InChI=1S/2C24H32N2O2/c1-5-24(25(3)4,18-20-8-6-19(2)7-9-20)23(27)21-10-12-22(13-11-21)26-14-16-28-17-15-26;1-5-24(25(3)4,18-20-12-10-19(2)11-13-20)23(27)21-8-6-7-9-22(21)26-14-16-28-17-15-26/h2*6-13H,5,14-18H2,1-4H3. The van der Waals surface area contributed by atoms with E-state index in [1.807, 2.05) is 58.5 Å². The number of aryl methyl sites for hydroxylation is 2. The first-order chi connectivity index (χ1) is 26.9. The van der Waals surface area contributed by atoms with Crippen LogP contribution in [-0.2, 0) is 22.3 Å². The summed E-state index contributed by atoms with van der Waals surface area (Å²) in [5.74, 6) is 0.386. The van der Waals surface area contributed by atoms with Crippen molar-refractivity contribution < 1.29 is 19.1 Å². The quantitative estimate of drug-likeness (QED) is 0.120. The van der Waals surface area contributed by atoms with Gasteiger partial charge in [0.1, 0.15) is 0 Å². The Morgan fingerprint density at radius 1 is 0.571 bits per heavy atom. The fourth-order valence-corrected chi connectivity index (χ4v) is 8.08. The first kappa shape index (κ1) is 42.8. The fourth-order valence-electron chi connectivity index (χ4n) is 8.08. The molecule has 0 radical (unpaired) electrons. The fraction of sp³-hybridized carbons (Fsp3) is 0.458. The first-order valence-electron chi connectivity index (χ1n) is 20.3. The predicted octanol–water partition coefficient (Wildman–Crippen LogP) is 7.93. The average molecular weight is 761 g/mol. The van der Waals surface area contributed by atoms with Crippen LogP contribution in [0.2, 0.25) is 0 Å². The molecule has 0 aromatic heterocycles. The molecule has 0 N–H and O–H groups in total. The van der Waals surface area contributed by atoms with Crippen molar-refractivity contribution >= 4 is 22.9 Å². The Hall–Kier alpha value is -4.34. The van der Waals surface area contributed by atoms with Crippen LogP contribution in [0.3, 0.4) is 0 Å². The number of anilines is 2. The summed E-state index contributed by atoms with van der Waals surface area (Å²) in [5, 5.41) is 0. The lowest BCUT2D eigenvalue weighted by atomic mass is 9.79. The number of morpholine rings is 2. The number of Topliss-reactive ketones (excluding diaryl/α,β-unsaturated/α-hetero) is 2. The summed E-state index contributed by atoms with van der Waals surface area (Å²) >= 11 is 0. The number of ether oxygens (including phenoxy) is 2. The highest BCUT2D eigenvalue weighted by Gasteiger charge is 2.41. The molecule has 4 aromatic carbocycles. The number of hydrogen-bond acceptors (Lipinski definition) is 8. The molecule has 0 amide bonds. The van der Waals surface area contributed by atoms with Gasteiger partial charge < -0.3 is 19.3 Å². The van der Waals surface area contributed by atoms with Gasteiger partial charge >= 0.3 is 0 Å². The van der Waals surface area contributed by atoms with Gasteiger partial charge in [-0.05, 0) is 115 Å². The number of para-hydroxylation sites is 1. The van der Waals surface area contributed by atoms with E-state index in [0.717, 1.165) is 74.7 Å². The van der Waals surface area contributed by atoms with Gasteiger partial charge in [-0.2, -0.15) is 0 Å². The van der Waals surface area contributed by atoms with E-state index in [-0.39, 0.29) is 11.6 Å². The maximum absolute atomic E-state index is 14.0.